The summed E-state index contributed by atoms with van der Waals surface area (Å²) in [5, 5.41) is 11.1. The zero-order valence-corrected chi connectivity index (χ0v) is 22.4. The molecule has 4 rings (SSSR count). The van der Waals surface area contributed by atoms with Gasteiger partial charge >= 0.3 is 5.97 Å². The first-order valence-electron chi connectivity index (χ1n) is 13.7. The topological polar surface area (TPSA) is 63.6 Å². The molecule has 0 aromatic rings. The van der Waals surface area contributed by atoms with Crippen molar-refractivity contribution >= 4 is 11.8 Å². The predicted octanol–water partition coefficient (Wildman–Crippen LogP) is 6.13. The van der Waals surface area contributed by atoms with Gasteiger partial charge < -0.3 is 9.84 Å². The maximum Gasteiger partial charge on any atom is 0.346 e. The predicted molar refractivity (Wildman–Crippen MR) is 135 cm³/mol. The Hall–Kier alpha value is -1.42. The van der Waals surface area contributed by atoms with Crippen molar-refractivity contribution < 1.29 is 19.4 Å². The molecule has 4 heteroatoms. The van der Waals surface area contributed by atoms with Crippen molar-refractivity contribution in [1.82, 2.24) is 0 Å². The van der Waals surface area contributed by atoms with Crippen LogP contribution in [0.3, 0.4) is 0 Å². The average molecular weight is 471 g/mol. The van der Waals surface area contributed by atoms with Crippen molar-refractivity contribution in [2.24, 2.45) is 52.3 Å². The Morgan fingerprint density at radius 2 is 1.88 bits per heavy atom. The summed E-state index contributed by atoms with van der Waals surface area (Å²) in [6.07, 6.45) is 14.0. The quantitative estimate of drug-likeness (QED) is 0.288. The molecule has 0 heterocycles. The van der Waals surface area contributed by atoms with Gasteiger partial charge in [0.05, 0.1) is 7.11 Å². The monoisotopic (exact) mass is 470 g/mol. The van der Waals surface area contributed by atoms with E-state index in [9.17, 15) is 14.7 Å². The molecule has 4 nitrogen and oxygen atoms in total. The zero-order chi connectivity index (χ0) is 25.1. The number of carbonyl (C=O) groups excluding carboxylic acids is 2. The first kappa shape index (κ1) is 25.7. The van der Waals surface area contributed by atoms with Crippen molar-refractivity contribution in [2.45, 2.75) is 92.1 Å². The molecule has 0 aromatic carbocycles. The van der Waals surface area contributed by atoms with Gasteiger partial charge in [-0.1, -0.05) is 59.8 Å². The lowest BCUT2D eigenvalue weighted by Crippen LogP contribution is -2.49. The third-order valence-electron chi connectivity index (χ3n) is 10.9. The van der Waals surface area contributed by atoms with Crippen LogP contribution in [0.2, 0.25) is 0 Å². The Kier molecular flexibility index (Phi) is 6.72. The number of Topliss-reactive ketones (excluding diaryl/α,β-unsaturated/α-hetero) is 1. The van der Waals surface area contributed by atoms with Crippen LogP contribution < -0.4 is 0 Å². The van der Waals surface area contributed by atoms with Gasteiger partial charge in [0.2, 0.25) is 11.4 Å². The molecular formula is C30H46O4. The van der Waals surface area contributed by atoms with Crippen LogP contribution in [0.25, 0.3) is 0 Å². The number of fused-ring (bicyclic) bond motifs is 5. The summed E-state index contributed by atoms with van der Waals surface area (Å²) in [6, 6.07) is 0. The molecule has 0 aromatic heterocycles. The molecular weight excluding hydrogens is 424 g/mol. The van der Waals surface area contributed by atoms with E-state index in [0.717, 1.165) is 19.3 Å². The van der Waals surface area contributed by atoms with E-state index < -0.39 is 22.8 Å². The molecule has 0 spiro atoms. The van der Waals surface area contributed by atoms with Crippen LogP contribution in [0, 0.1) is 52.3 Å². The van der Waals surface area contributed by atoms with Crippen molar-refractivity contribution in [3.63, 3.8) is 0 Å². The van der Waals surface area contributed by atoms with Crippen molar-refractivity contribution in [3.05, 3.63) is 23.8 Å². The molecule has 0 saturated heterocycles. The number of carbonyl (C=O) groups is 2. The standard InChI is InChI=1S/C30H46O4/c1-8-20(18(2)3)10-9-19(4)22-13-14-23-21-11-12-25-26(31)30(33,27(32)34-7)17-29(25,6)24(21)15-16-28(22,23)5/h9-10,12,18-24,33H,8,11,13-17H2,1-7H3/b10-9+/t19?,20-,21?,22?,23?,24?,28-,29-,30+/m1/s1. The van der Waals surface area contributed by atoms with Gasteiger partial charge in [-0.2, -0.15) is 0 Å². The Morgan fingerprint density at radius 3 is 2.50 bits per heavy atom. The molecule has 0 bridgehead atoms. The molecule has 5 unspecified atom stereocenters. The van der Waals surface area contributed by atoms with Gasteiger partial charge in [-0.05, 0) is 85.4 Å². The summed E-state index contributed by atoms with van der Waals surface area (Å²) in [5.74, 6) is 2.85. The van der Waals surface area contributed by atoms with E-state index in [-0.39, 0.29) is 6.42 Å². The minimum atomic E-state index is -2.02. The summed E-state index contributed by atoms with van der Waals surface area (Å²) < 4.78 is 4.84. The summed E-state index contributed by atoms with van der Waals surface area (Å²) in [6.45, 7) is 14.0. The van der Waals surface area contributed by atoms with E-state index in [0.29, 0.717) is 52.4 Å². The molecule has 0 amide bonds. The molecule has 34 heavy (non-hydrogen) atoms. The number of aliphatic hydroxyl groups is 1. The number of hydrogen-bond donors (Lipinski definition) is 1. The minimum absolute atomic E-state index is 0.165. The van der Waals surface area contributed by atoms with E-state index in [1.165, 1.54) is 26.4 Å². The lowest BCUT2D eigenvalue weighted by molar-refractivity contribution is -0.166. The first-order valence-corrected chi connectivity index (χ1v) is 13.7. The normalized spacial score (nSPS) is 43.3. The van der Waals surface area contributed by atoms with E-state index in [2.05, 4.69) is 59.8 Å². The summed E-state index contributed by atoms with van der Waals surface area (Å²) in [5.41, 5.74) is -1.47. The highest BCUT2D eigenvalue weighted by Gasteiger charge is 2.67. The first-order chi connectivity index (χ1) is 15.9. The van der Waals surface area contributed by atoms with E-state index in [4.69, 9.17) is 4.74 Å². The molecule has 4 aliphatic carbocycles. The number of rotatable bonds is 6. The van der Waals surface area contributed by atoms with Gasteiger partial charge in [0.15, 0.2) is 0 Å². The Morgan fingerprint density at radius 1 is 1.18 bits per heavy atom. The number of ketones is 1. The van der Waals surface area contributed by atoms with Crippen LogP contribution in [0.5, 0.6) is 0 Å². The molecule has 3 saturated carbocycles. The molecule has 0 aliphatic heterocycles. The van der Waals surface area contributed by atoms with Gasteiger partial charge in [-0.25, -0.2) is 4.79 Å². The Labute approximate surface area is 206 Å². The molecule has 4 aliphatic rings. The van der Waals surface area contributed by atoms with Gasteiger partial charge in [0.25, 0.3) is 0 Å². The fourth-order valence-electron chi connectivity index (χ4n) is 9.03. The van der Waals surface area contributed by atoms with E-state index in [1.807, 2.05) is 0 Å². The maximum absolute atomic E-state index is 13.1. The highest BCUT2D eigenvalue weighted by molar-refractivity contribution is 6.18. The fourth-order valence-corrected chi connectivity index (χ4v) is 9.03. The van der Waals surface area contributed by atoms with Crippen LogP contribution in [-0.2, 0) is 14.3 Å². The van der Waals surface area contributed by atoms with Crippen LogP contribution in [0.1, 0.15) is 86.5 Å². The lowest BCUT2D eigenvalue weighted by atomic mass is 9.49. The number of esters is 1. The minimum Gasteiger partial charge on any atom is -0.467 e. The number of ether oxygens (including phenoxy) is 1. The van der Waals surface area contributed by atoms with Crippen molar-refractivity contribution in [1.29, 1.82) is 0 Å². The van der Waals surface area contributed by atoms with E-state index >= 15 is 0 Å². The van der Waals surface area contributed by atoms with Crippen LogP contribution in [0.15, 0.2) is 23.8 Å². The summed E-state index contributed by atoms with van der Waals surface area (Å²) in [7, 11) is 1.25. The smallest absolute Gasteiger partial charge is 0.346 e. The van der Waals surface area contributed by atoms with Crippen LogP contribution in [0.4, 0.5) is 0 Å². The molecule has 190 valence electrons. The second kappa shape index (κ2) is 8.91. The second-order valence-electron chi connectivity index (χ2n) is 12.8. The highest BCUT2D eigenvalue weighted by atomic mass is 16.5. The summed E-state index contributed by atoms with van der Waals surface area (Å²) >= 11 is 0. The third-order valence-corrected chi connectivity index (χ3v) is 10.9. The summed E-state index contributed by atoms with van der Waals surface area (Å²) in [4.78, 5) is 25.5. The lowest BCUT2D eigenvalue weighted by Gasteiger charge is -2.55. The van der Waals surface area contributed by atoms with Gasteiger partial charge in [-0.15, -0.1) is 0 Å². The zero-order valence-electron chi connectivity index (χ0n) is 22.4. The molecule has 1 N–H and O–H groups in total. The van der Waals surface area contributed by atoms with Gasteiger partial charge in [-0.3, -0.25) is 4.79 Å². The molecule has 3 fully saturated rings. The van der Waals surface area contributed by atoms with Gasteiger partial charge in [0.1, 0.15) is 0 Å². The van der Waals surface area contributed by atoms with E-state index in [1.54, 1.807) is 0 Å². The maximum atomic E-state index is 13.1. The largest absolute Gasteiger partial charge is 0.467 e. The third kappa shape index (κ3) is 3.65. The van der Waals surface area contributed by atoms with Crippen LogP contribution >= 0.6 is 0 Å². The molecule has 0 radical (unpaired) electrons. The number of methoxy groups -OCH3 is 1. The number of hydrogen-bond acceptors (Lipinski definition) is 4. The number of allylic oxidation sites excluding steroid dienone is 3. The second-order valence-corrected chi connectivity index (χ2v) is 12.8. The molecule has 9 atom stereocenters. The van der Waals surface area contributed by atoms with Crippen LogP contribution in [-0.4, -0.2) is 29.6 Å². The van der Waals surface area contributed by atoms with Crippen molar-refractivity contribution in [2.75, 3.05) is 7.11 Å². The Balaban J connectivity index is 1.57. The average Bonchev–Trinajstić information content (AvgIpc) is 3.25. The Bertz CT molecular complexity index is 886. The fraction of sp³-hybridized carbons (Fsp3) is 0.800. The van der Waals surface area contributed by atoms with Gasteiger partial charge in [0, 0.05) is 17.4 Å². The van der Waals surface area contributed by atoms with Crippen molar-refractivity contribution in [3.8, 4) is 0 Å². The highest BCUT2D eigenvalue weighted by Crippen LogP contribution is 2.68. The SMILES string of the molecule is CC[C@H](/C=C/C(C)C1CCC2C3CC=C4C(=O)[C@](O)(C(=O)OC)C[C@]4(C)C3CC[C@]12C)C(C)C.